The molecule has 0 aliphatic carbocycles. The minimum atomic E-state index is -4.41. The molecule has 0 saturated carbocycles. The molecule has 2 N–H and O–H groups in total. The number of hydrogen-bond acceptors (Lipinski definition) is 6. The molecule has 0 amide bonds. The summed E-state index contributed by atoms with van der Waals surface area (Å²) < 4.78 is 76.8. The zero-order valence-electron chi connectivity index (χ0n) is 17.9. The number of nitrogens with one attached hydrogen (secondary N) is 2. The number of methoxy groups -OCH3 is 1. The van der Waals surface area contributed by atoms with Gasteiger partial charge in [0, 0.05) is 12.6 Å². The van der Waals surface area contributed by atoms with Gasteiger partial charge < -0.3 is 14.8 Å². The van der Waals surface area contributed by atoms with Gasteiger partial charge in [-0.05, 0) is 43.7 Å². The number of pyridine rings is 1. The highest BCUT2D eigenvalue weighted by atomic mass is 35.5. The first-order chi connectivity index (χ1) is 14.6. The third kappa shape index (κ3) is 7.72. The second-order valence-electron chi connectivity index (χ2n) is 6.74. The number of rotatable bonds is 11. The van der Waals surface area contributed by atoms with Gasteiger partial charge in [0.1, 0.15) is 12.3 Å². The largest absolute Gasteiger partial charge is 0.479 e. The Hall–Kier alpha value is -2.24. The maximum Gasteiger partial charge on any atom is 0.395 e. The van der Waals surface area contributed by atoms with E-state index in [-0.39, 0.29) is 40.3 Å². The van der Waals surface area contributed by atoms with Gasteiger partial charge in [-0.3, -0.25) is 4.72 Å². The summed E-state index contributed by atoms with van der Waals surface area (Å²) in [4.78, 5) is 3.94. The van der Waals surface area contributed by atoms with E-state index in [1.807, 2.05) is 0 Å². The Kier molecular flexibility index (Phi) is 10.5. The SMILES string of the molecule is CCCNCCOc1ccc(NS(=O)(=O)c2ccc(C(C)C(F)(F)F)cc2)c(OC)n1.Cl. The van der Waals surface area contributed by atoms with Crippen LogP contribution in [0.5, 0.6) is 11.8 Å². The number of ether oxygens (including phenoxy) is 2. The number of alkyl halides is 3. The van der Waals surface area contributed by atoms with E-state index in [0.29, 0.717) is 13.2 Å². The van der Waals surface area contributed by atoms with Gasteiger partial charge in [-0.25, -0.2) is 8.42 Å². The van der Waals surface area contributed by atoms with E-state index in [1.165, 1.54) is 19.2 Å². The highest BCUT2D eigenvalue weighted by Crippen LogP contribution is 2.34. The number of nitrogens with zero attached hydrogens (tertiary/aromatic N) is 1. The third-order valence-corrected chi connectivity index (χ3v) is 5.79. The van der Waals surface area contributed by atoms with Crippen molar-refractivity contribution in [3.63, 3.8) is 0 Å². The first-order valence-corrected chi connectivity index (χ1v) is 11.1. The van der Waals surface area contributed by atoms with Crippen molar-refractivity contribution in [2.75, 3.05) is 31.5 Å². The van der Waals surface area contributed by atoms with Crippen LogP contribution in [-0.4, -0.2) is 46.4 Å². The summed E-state index contributed by atoms with van der Waals surface area (Å²) in [6.45, 7) is 4.95. The lowest BCUT2D eigenvalue weighted by atomic mass is 10.0. The Morgan fingerprint density at radius 2 is 1.75 bits per heavy atom. The van der Waals surface area contributed by atoms with E-state index in [9.17, 15) is 21.6 Å². The van der Waals surface area contributed by atoms with Gasteiger partial charge in [0.2, 0.25) is 11.8 Å². The van der Waals surface area contributed by atoms with Crippen LogP contribution in [0.25, 0.3) is 0 Å². The number of aromatic nitrogens is 1. The highest BCUT2D eigenvalue weighted by Gasteiger charge is 2.37. The van der Waals surface area contributed by atoms with Crippen molar-refractivity contribution in [2.45, 2.75) is 37.3 Å². The molecule has 180 valence electrons. The van der Waals surface area contributed by atoms with Crippen LogP contribution >= 0.6 is 12.4 Å². The van der Waals surface area contributed by atoms with Crippen LogP contribution in [0, 0.1) is 0 Å². The molecule has 0 aliphatic rings. The lowest BCUT2D eigenvalue weighted by Gasteiger charge is -2.16. The fourth-order valence-electron chi connectivity index (χ4n) is 2.60. The molecule has 0 fully saturated rings. The van der Waals surface area contributed by atoms with Crippen LogP contribution in [0.3, 0.4) is 0 Å². The number of hydrogen-bond donors (Lipinski definition) is 2. The molecule has 0 radical (unpaired) electrons. The topological polar surface area (TPSA) is 89.6 Å². The van der Waals surface area contributed by atoms with Crippen molar-refractivity contribution < 1.29 is 31.1 Å². The van der Waals surface area contributed by atoms with Crippen LogP contribution in [0.4, 0.5) is 18.9 Å². The molecule has 32 heavy (non-hydrogen) atoms. The van der Waals surface area contributed by atoms with Crippen molar-refractivity contribution in [3.8, 4) is 11.8 Å². The van der Waals surface area contributed by atoms with E-state index in [2.05, 4.69) is 21.9 Å². The Labute approximate surface area is 192 Å². The molecule has 1 atom stereocenters. The molecule has 7 nitrogen and oxygen atoms in total. The van der Waals surface area contributed by atoms with Crippen LogP contribution in [0.1, 0.15) is 31.7 Å². The van der Waals surface area contributed by atoms with Gasteiger partial charge in [-0.15, -0.1) is 12.4 Å². The molecule has 0 spiro atoms. The van der Waals surface area contributed by atoms with Crippen LogP contribution in [-0.2, 0) is 10.0 Å². The molecule has 1 heterocycles. The molecular weight excluding hydrogens is 471 g/mol. The summed E-state index contributed by atoms with van der Waals surface area (Å²) >= 11 is 0. The van der Waals surface area contributed by atoms with Crippen molar-refractivity contribution in [1.29, 1.82) is 0 Å². The molecule has 2 rings (SSSR count). The predicted octanol–water partition coefficient (Wildman–Crippen LogP) is 4.36. The summed E-state index contributed by atoms with van der Waals surface area (Å²) in [6, 6.07) is 7.48. The van der Waals surface area contributed by atoms with E-state index in [1.54, 1.807) is 0 Å². The van der Waals surface area contributed by atoms with Crippen LogP contribution < -0.4 is 19.5 Å². The molecule has 0 bridgehead atoms. The van der Waals surface area contributed by atoms with Crippen molar-refractivity contribution in [1.82, 2.24) is 10.3 Å². The quantitative estimate of drug-likeness (QED) is 0.448. The third-order valence-electron chi connectivity index (χ3n) is 4.41. The molecule has 1 aromatic carbocycles. The van der Waals surface area contributed by atoms with Crippen molar-refractivity contribution in [3.05, 3.63) is 42.0 Å². The zero-order chi connectivity index (χ0) is 23.1. The Balaban J connectivity index is 0.00000512. The number of sulfonamides is 1. The first-order valence-electron chi connectivity index (χ1n) is 9.66. The van der Waals surface area contributed by atoms with E-state index in [4.69, 9.17) is 9.47 Å². The van der Waals surface area contributed by atoms with Crippen LogP contribution in [0.15, 0.2) is 41.3 Å². The summed E-state index contributed by atoms with van der Waals surface area (Å²) in [7, 11) is -2.73. The molecule has 12 heteroatoms. The second-order valence-corrected chi connectivity index (χ2v) is 8.43. The van der Waals surface area contributed by atoms with E-state index < -0.39 is 22.1 Å². The average Bonchev–Trinajstić information content (AvgIpc) is 2.73. The first kappa shape index (κ1) is 27.8. The minimum Gasteiger partial charge on any atom is -0.479 e. The predicted molar refractivity (Wildman–Crippen MR) is 118 cm³/mol. The number of halogens is 4. The van der Waals surface area contributed by atoms with Gasteiger partial charge >= 0.3 is 6.18 Å². The maximum absolute atomic E-state index is 12.8. The maximum atomic E-state index is 12.8. The van der Waals surface area contributed by atoms with Crippen molar-refractivity contribution >= 4 is 28.1 Å². The molecule has 1 unspecified atom stereocenters. The number of benzene rings is 1. The van der Waals surface area contributed by atoms with E-state index >= 15 is 0 Å². The monoisotopic (exact) mass is 497 g/mol. The lowest BCUT2D eigenvalue weighted by molar-refractivity contribution is -0.146. The van der Waals surface area contributed by atoms with Gasteiger partial charge in [-0.2, -0.15) is 18.2 Å². The molecule has 2 aromatic rings. The Morgan fingerprint density at radius 3 is 2.31 bits per heavy atom. The van der Waals surface area contributed by atoms with Gasteiger partial charge in [0.15, 0.2) is 0 Å². The Morgan fingerprint density at radius 1 is 1.09 bits per heavy atom. The number of anilines is 1. The molecule has 0 aliphatic heterocycles. The minimum absolute atomic E-state index is 0. The summed E-state index contributed by atoms with van der Waals surface area (Å²) in [5.74, 6) is -1.43. The van der Waals surface area contributed by atoms with E-state index in [0.717, 1.165) is 44.2 Å². The fraction of sp³-hybridized carbons (Fsp3) is 0.450. The molecular formula is C20H27ClF3N3O4S. The van der Waals surface area contributed by atoms with Crippen LogP contribution in [0.2, 0.25) is 0 Å². The highest BCUT2D eigenvalue weighted by molar-refractivity contribution is 7.92. The van der Waals surface area contributed by atoms with Crippen molar-refractivity contribution in [2.24, 2.45) is 0 Å². The summed E-state index contributed by atoms with van der Waals surface area (Å²) in [6.07, 6.45) is -3.40. The average molecular weight is 498 g/mol. The Bertz CT molecular complexity index is 958. The molecule has 0 saturated heterocycles. The van der Waals surface area contributed by atoms with Gasteiger partial charge in [0.25, 0.3) is 10.0 Å². The lowest BCUT2D eigenvalue weighted by Crippen LogP contribution is -2.21. The summed E-state index contributed by atoms with van der Waals surface area (Å²) in [5.41, 5.74) is 0.0484. The zero-order valence-corrected chi connectivity index (χ0v) is 19.5. The van der Waals surface area contributed by atoms with Gasteiger partial charge in [-0.1, -0.05) is 19.1 Å². The smallest absolute Gasteiger partial charge is 0.395 e. The fourth-order valence-corrected chi connectivity index (χ4v) is 3.65. The second kappa shape index (κ2) is 12.1. The normalized spacial score (nSPS) is 12.6. The standard InChI is InChI=1S/C20H26F3N3O4S.ClH/c1-4-11-24-12-13-30-18-10-9-17(19(25-18)29-3)26-31(27,28)16-7-5-15(6-8-16)14(2)20(21,22)23;/h5-10,14,24,26H,4,11-13H2,1-3H3;1H. The summed E-state index contributed by atoms with van der Waals surface area (Å²) in [5, 5.41) is 3.18. The molecule has 1 aromatic heterocycles. The van der Waals surface area contributed by atoms with Gasteiger partial charge in [0.05, 0.1) is 17.9 Å².